The summed E-state index contributed by atoms with van der Waals surface area (Å²) in [5.41, 5.74) is 1.46. The van der Waals surface area contributed by atoms with E-state index in [9.17, 15) is 8.42 Å². The van der Waals surface area contributed by atoms with Crippen molar-refractivity contribution in [2.75, 3.05) is 18.4 Å². The number of thiophene rings is 1. The predicted molar refractivity (Wildman–Crippen MR) is 104 cm³/mol. The lowest BCUT2D eigenvalue weighted by Gasteiger charge is -2.26. The fraction of sp³-hybridized carbons (Fsp3) is 0.333. The zero-order valence-corrected chi connectivity index (χ0v) is 16.1. The molecule has 1 saturated heterocycles. The third-order valence-electron chi connectivity index (χ3n) is 4.65. The zero-order valence-electron chi connectivity index (χ0n) is 14.5. The summed E-state index contributed by atoms with van der Waals surface area (Å²) >= 11 is 1.55. The van der Waals surface area contributed by atoms with Crippen molar-refractivity contribution < 1.29 is 8.42 Å². The van der Waals surface area contributed by atoms with Gasteiger partial charge in [-0.25, -0.2) is 18.4 Å². The first-order valence-corrected chi connectivity index (χ1v) is 10.9. The minimum Gasteiger partial charge on any atom is -0.340 e. The van der Waals surface area contributed by atoms with E-state index in [4.69, 9.17) is 0 Å². The molecule has 4 rings (SSSR count). The lowest BCUT2D eigenvalue weighted by molar-refractivity contribution is 0.346. The monoisotopic (exact) mass is 388 g/mol. The van der Waals surface area contributed by atoms with Crippen LogP contribution >= 0.6 is 11.3 Å². The molecule has 1 N–H and O–H groups in total. The summed E-state index contributed by atoms with van der Waals surface area (Å²) in [5.74, 6) is 0.682. The Kier molecular flexibility index (Phi) is 4.64. The second-order valence-corrected chi connectivity index (χ2v) is 9.23. The molecule has 0 atom stereocenters. The van der Waals surface area contributed by atoms with E-state index in [2.05, 4.69) is 15.3 Å². The van der Waals surface area contributed by atoms with Crippen LogP contribution in [0.5, 0.6) is 0 Å². The molecule has 3 heterocycles. The fourth-order valence-corrected chi connectivity index (χ4v) is 5.73. The normalized spacial score (nSPS) is 16.0. The molecule has 0 spiro atoms. The van der Waals surface area contributed by atoms with Crippen LogP contribution in [0.15, 0.2) is 40.9 Å². The van der Waals surface area contributed by atoms with E-state index in [1.54, 1.807) is 21.7 Å². The molecule has 0 radical (unpaired) electrons. The van der Waals surface area contributed by atoms with Gasteiger partial charge in [0.25, 0.3) is 0 Å². The van der Waals surface area contributed by atoms with Crippen LogP contribution in [0.1, 0.15) is 24.8 Å². The molecule has 1 aliphatic heterocycles. The summed E-state index contributed by atoms with van der Waals surface area (Å²) in [7, 11) is -3.48. The molecular formula is C18H20N4O2S2. The smallest absolute Gasteiger partial charge is 0.243 e. The predicted octanol–water partition coefficient (Wildman–Crippen LogP) is 3.92. The fourth-order valence-electron chi connectivity index (χ4n) is 3.23. The highest BCUT2D eigenvalue weighted by Gasteiger charge is 2.27. The molecule has 1 aliphatic rings. The third-order valence-corrected chi connectivity index (χ3v) is 7.51. The number of hydrogen-bond donors (Lipinski definition) is 1. The molecule has 0 unspecified atom stereocenters. The highest BCUT2D eigenvalue weighted by atomic mass is 32.2. The second kappa shape index (κ2) is 6.94. The molecule has 26 heavy (non-hydrogen) atoms. The summed E-state index contributed by atoms with van der Waals surface area (Å²) in [6, 6.07) is 7.39. The van der Waals surface area contributed by atoms with Crippen LogP contribution in [-0.2, 0) is 10.0 Å². The SMILES string of the molecule is Cc1ccc(Nc2ncnc3sccc23)cc1S(=O)(=O)N1CCCCC1. The first-order chi connectivity index (χ1) is 12.6. The zero-order chi connectivity index (χ0) is 18.1. The van der Waals surface area contributed by atoms with Crippen molar-refractivity contribution in [2.24, 2.45) is 0 Å². The van der Waals surface area contributed by atoms with Gasteiger partial charge < -0.3 is 5.32 Å². The van der Waals surface area contributed by atoms with Crippen molar-refractivity contribution in [1.82, 2.24) is 14.3 Å². The number of nitrogens with one attached hydrogen (secondary N) is 1. The molecule has 0 saturated carbocycles. The Balaban J connectivity index is 1.69. The second-order valence-electron chi connectivity index (χ2n) is 6.43. The van der Waals surface area contributed by atoms with Crippen molar-refractivity contribution in [3.8, 4) is 0 Å². The van der Waals surface area contributed by atoms with Crippen molar-refractivity contribution in [2.45, 2.75) is 31.1 Å². The van der Waals surface area contributed by atoms with E-state index >= 15 is 0 Å². The summed E-state index contributed by atoms with van der Waals surface area (Å²) in [5, 5.41) is 6.14. The van der Waals surface area contributed by atoms with Crippen LogP contribution in [0.4, 0.5) is 11.5 Å². The molecule has 6 nitrogen and oxygen atoms in total. The van der Waals surface area contributed by atoms with Crippen molar-refractivity contribution in [3.63, 3.8) is 0 Å². The van der Waals surface area contributed by atoms with Gasteiger partial charge in [0.1, 0.15) is 17.0 Å². The average molecular weight is 389 g/mol. The third kappa shape index (κ3) is 3.20. The van der Waals surface area contributed by atoms with Crippen LogP contribution in [0.3, 0.4) is 0 Å². The maximum atomic E-state index is 13.1. The number of anilines is 2. The Morgan fingerprint density at radius 1 is 1.12 bits per heavy atom. The Morgan fingerprint density at radius 3 is 2.73 bits per heavy atom. The number of aryl methyl sites for hydroxylation is 1. The van der Waals surface area contributed by atoms with Gasteiger partial charge in [-0.3, -0.25) is 0 Å². The van der Waals surface area contributed by atoms with Gasteiger partial charge in [0.2, 0.25) is 10.0 Å². The van der Waals surface area contributed by atoms with Gasteiger partial charge >= 0.3 is 0 Å². The first-order valence-electron chi connectivity index (χ1n) is 8.62. The minimum absolute atomic E-state index is 0.361. The van der Waals surface area contributed by atoms with E-state index in [1.807, 2.05) is 30.5 Å². The van der Waals surface area contributed by atoms with Crippen LogP contribution in [0, 0.1) is 6.92 Å². The Hall–Kier alpha value is -2.03. The van der Waals surface area contributed by atoms with Crippen LogP contribution in [-0.4, -0.2) is 35.8 Å². The van der Waals surface area contributed by atoms with Gasteiger partial charge in [0.15, 0.2) is 0 Å². The topological polar surface area (TPSA) is 75.2 Å². The van der Waals surface area contributed by atoms with E-state index in [0.29, 0.717) is 29.5 Å². The van der Waals surface area contributed by atoms with Gasteiger partial charge in [0.05, 0.1) is 10.3 Å². The molecule has 0 aliphatic carbocycles. The summed E-state index contributed by atoms with van der Waals surface area (Å²) in [6.07, 6.45) is 4.46. The summed E-state index contributed by atoms with van der Waals surface area (Å²) < 4.78 is 27.7. The van der Waals surface area contributed by atoms with Crippen molar-refractivity contribution in [3.05, 3.63) is 41.5 Å². The molecule has 2 aromatic heterocycles. The number of sulfonamides is 1. The molecule has 0 amide bonds. The van der Waals surface area contributed by atoms with E-state index < -0.39 is 10.0 Å². The maximum Gasteiger partial charge on any atom is 0.243 e. The van der Waals surface area contributed by atoms with E-state index in [-0.39, 0.29) is 0 Å². The van der Waals surface area contributed by atoms with Crippen LogP contribution in [0.25, 0.3) is 10.2 Å². The van der Waals surface area contributed by atoms with Gasteiger partial charge in [-0.05, 0) is 48.9 Å². The van der Waals surface area contributed by atoms with E-state index in [0.717, 1.165) is 35.0 Å². The standard InChI is InChI=1S/C18H20N4O2S2/c1-13-5-6-14(21-17-15-7-10-25-18(15)20-12-19-17)11-16(13)26(23,24)22-8-3-2-4-9-22/h5-7,10-12H,2-4,8-9H2,1H3,(H,19,20,21). The Morgan fingerprint density at radius 2 is 1.92 bits per heavy atom. The molecule has 1 aromatic carbocycles. The number of benzene rings is 1. The lowest BCUT2D eigenvalue weighted by Crippen LogP contribution is -2.35. The molecule has 0 bridgehead atoms. The first kappa shape index (κ1) is 17.4. The molecule has 136 valence electrons. The van der Waals surface area contributed by atoms with Crippen molar-refractivity contribution >= 4 is 43.1 Å². The number of fused-ring (bicyclic) bond motifs is 1. The van der Waals surface area contributed by atoms with Crippen molar-refractivity contribution in [1.29, 1.82) is 0 Å². The number of hydrogen-bond acceptors (Lipinski definition) is 6. The minimum atomic E-state index is -3.48. The Labute approximate surface area is 157 Å². The number of rotatable bonds is 4. The van der Waals surface area contributed by atoms with Crippen LogP contribution < -0.4 is 5.32 Å². The van der Waals surface area contributed by atoms with Gasteiger partial charge in [0, 0.05) is 18.8 Å². The highest BCUT2D eigenvalue weighted by Crippen LogP contribution is 2.30. The van der Waals surface area contributed by atoms with Crippen LogP contribution in [0.2, 0.25) is 0 Å². The van der Waals surface area contributed by atoms with Gasteiger partial charge in [-0.1, -0.05) is 12.5 Å². The number of piperidine rings is 1. The molecule has 8 heteroatoms. The molecular weight excluding hydrogens is 368 g/mol. The molecule has 3 aromatic rings. The maximum absolute atomic E-state index is 13.1. The Bertz CT molecular complexity index is 1040. The number of aromatic nitrogens is 2. The van der Waals surface area contributed by atoms with Gasteiger partial charge in [-0.2, -0.15) is 4.31 Å². The quantitative estimate of drug-likeness (QED) is 0.733. The summed E-state index contributed by atoms with van der Waals surface area (Å²) in [6.45, 7) is 3.03. The van der Waals surface area contributed by atoms with Gasteiger partial charge in [-0.15, -0.1) is 11.3 Å². The summed E-state index contributed by atoms with van der Waals surface area (Å²) in [4.78, 5) is 9.80. The van der Waals surface area contributed by atoms with E-state index in [1.165, 1.54) is 6.33 Å². The largest absolute Gasteiger partial charge is 0.340 e. The lowest BCUT2D eigenvalue weighted by atomic mass is 10.2. The average Bonchev–Trinajstić information content (AvgIpc) is 3.14. The molecule has 1 fully saturated rings. The number of nitrogens with zero attached hydrogens (tertiary/aromatic N) is 3. The highest BCUT2D eigenvalue weighted by molar-refractivity contribution is 7.89.